The van der Waals surface area contributed by atoms with E-state index in [4.69, 9.17) is 0 Å². The van der Waals surface area contributed by atoms with E-state index in [0.29, 0.717) is 29.9 Å². The van der Waals surface area contributed by atoms with Gasteiger partial charge in [-0.1, -0.05) is 13.0 Å². The second-order valence-electron chi connectivity index (χ2n) is 7.98. The van der Waals surface area contributed by atoms with Crippen LogP contribution in [-0.2, 0) is 16.6 Å². The number of benzene rings is 1. The van der Waals surface area contributed by atoms with E-state index in [1.807, 2.05) is 17.9 Å². The first-order valence-electron chi connectivity index (χ1n) is 10.1. The van der Waals surface area contributed by atoms with Gasteiger partial charge in [0, 0.05) is 26.4 Å². The highest BCUT2D eigenvalue weighted by Gasteiger charge is 2.36. The van der Waals surface area contributed by atoms with Crippen molar-refractivity contribution in [3.63, 3.8) is 0 Å². The number of imide groups is 1. The Morgan fingerprint density at radius 2 is 2.00 bits per heavy atom. The number of hydrogen-bond acceptors (Lipinski definition) is 5. The maximum absolute atomic E-state index is 14.2. The summed E-state index contributed by atoms with van der Waals surface area (Å²) in [5.41, 5.74) is 1.44. The van der Waals surface area contributed by atoms with Gasteiger partial charge >= 0.3 is 5.69 Å². The molecule has 2 saturated heterocycles. The summed E-state index contributed by atoms with van der Waals surface area (Å²) in [6.45, 7) is 2.50. The van der Waals surface area contributed by atoms with Crippen molar-refractivity contribution in [1.29, 1.82) is 0 Å². The van der Waals surface area contributed by atoms with E-state index in [9.17, 15) is 23.2 Å². The minimum Gasteiger partial charge on any atom is -0.357 e. The van der Waals surface area contributed by atoms with Crippen molar-refractivity contribution in [3.8, 4) is 0 Å². The lowest BCUT2D eigenvalue weighted by Crippen LogP contribution is -2.44. The molecule has 2 fully saturated rings. The van der Waals surface area contributed by atoms with Crippen LogP contribution in [0.3, 0.4) is 0 Å². The number of fused-ring (bicyclic) bond motifs is 1. The number of carbonyl (C=O) groups is 2. The number of piperidine rings is 1. The average molecular weight is 421 g/mol. The van der Waals surface area contributed by atoms with E-state index in [-0.39, 0.29) is 43.9 Å². The number of nitrogens with zero attached hydrogens (tertiary/aromatic N) is 4. The molecule has 2 aliphatic heterocycles. The van der Waals surface area contributed by atoms with E-state index in [1.165, 1.54) is 9.13 Å². The fourth-order valence-corrected chi connectivity index (χ4v) is 4.38. The van der Waals surface area contributed by atoms with E-state index in [1.54, 1.807) is 24.1 Å². The van der Waals surface area contributed by atoms with Crippen LogP contribution in [0.4, 0.5) is 14.5 Å². The molecule has 0 spiro atoms. The summed E-state index contributed by atoms with van der Waals surface area (Å²) in [5.74, 6) is -3.63. The van der Waals surface area contributed by atoms with Crippen LogP contribution < -0.4 is 15.9 Å². The minimum atomic E-state index is -2.77. The van der Waals surface area contributed by atoms with Crippen LogP contribution in [0.15, 0.2) is 23.0 Å². The van der Waals surface area contributed by atoms with Crippen LogP contribution in [0.5, 0.6) is 0 Å². The SMILES string of the molecule is CCN1CN(c2cccc3c2n(C)c(=O)n3C2CCC(=O)NC2=O)CCC(F)(F)C1. The number of rotatable bonds is 3. The van der Waals surface area contributed by atoms with E-state index >= 15 is 0 Å². The lowest BCUT2D eigenvalue weighted by molar-refractivity contribution is -0.135. The highest BCUT2D eigenvalue weighted by Crippen LogP contribution is 2.32. The summed E-state index contributed by atoms with van der Waals surface area (Å²) in [6.07, 6.45) is 0.126. The monoisotopic (exact) mass is 421 g/mol. The molecule has 2 amide bonds. The molecule has 2 aliphatic rings. The Kier molecular flexibility index (Phi) is 5.13. The van der Waals surface area contributed by atoms with E-state index in [2.05, 4.69) is 5.32 Å². The molecule has 30 heavy (non-hydrogen) atoms. The largest absolute Gasteiger partial charge is 0.357 e. The van der Waals surface area contributed by atoms with Gasteiger partial charge < -0.3 is 4.90 Å². The van der Waals surface area contributed by atoms with Gasteiger partial charge in [0.1, 0.15) is 6.04 Å². The lowest BCUT2D eigenvalue weighted by Gasteiger charge is -2.28. The Morgan fingerprint density at radius 1 is 1.23 bits per heavy atom. The van der Waals surface area contributed by atoms with Gasteiger partial charge in [-0.3, -0.25) is 28.9 Å². The zero-order valence-electron chi connectivity index (χ0n) is 17.0. The molecule has 0 saturated carbocycles. The normalized spacial score (nSPS) is 22.9. The van der Waals surface area contributed by atoms with E-state index in [0.717, 1.165) is 0 Å². The molecule has 0 bridgehead atoms. The molecule has 0 radical (unpaired) electrons. The van der Waals surface area contributed by atoms with Crippen molar-refractivity contribution < 1.29 is 18.4 Å². The van der Waals surface area contributed by atoms with Crippen molar-refractivity contribution in [3.05, 3.63) is 28.7 Å². The Bertz CT molecular complexity index is 1060. The molecule has 1 N–H and O–H groups in total. The van der Waals surface area contributed by atoms with Gasteiger partial charge in [0.2, 0.25) is 11.8 Å². The molecular formula is C20H25F2N5O3. The molecule has 162 valence electrons. The van der Waals surface area contributed by atoms with Crippen LogP contribution >= 0.6 is 0 Å². The average Bonchev–Trinajstić information content (AvgIpc) is 2.84. The summed E-state index contributed by atoms with van der Waals surface area (Å²) in [7, 11) is 1.61. The molecule has 3 heterocycles. The second-order valence-corrected chi connectivity index (χ2v) is 7.98. The maximum atomic E-state index is 14.2. The third kappa shape index (κ3) is 3.49. The van der Waals surface area contributed by atoms with Crippen LogP contribution in [0.1, 0.15) is 32.2 Å². The number of carbonyl (C=O) groups excluding carboxylic acids is 2. The topological polar surface area (TPSA) is 79.6 Å². The third-order valence-corrected chi connectivity index (χ3v) is 5.96. The minimum absolute atomic E-state index is 0.153. The molecule has 8 nitrogen and oxygen atoms in total. The Hall–Kier alpha value is -2.75. The molecule has 2 aromatic rings. The summed E-state index contributed by atoms with van der Waals surface area (Å²) < 4.78 is 31.2. The van der Waals surface area contributed by atoms with Crippen molar-refractivity contribution in [1.82, 2.24) is 19.4 Å². The third-order valence-electron chi connectivity index (χ3n) is 5.96. The number of hydrogen-bond donors (Lipinski definition) is 1. The molecule has 4 rings (SSSR count). The predicted octanol–water partition coefficient (Wildman–Crippen LogP) is 1.44. The number of alkyl halides is 2. The fourth-order valence-electron chi connectivity index (χ4n) is 4.38. The summed E-state index contributed by atoms with van der Waals surface area (Å²) in [5, 5.41) is 2.29. The van der Waals surface area contributed by atoms with Crippen molar-refractivity contribution in [2.75, 3.05) is 31.2 Å². The predicted molar refractivity (Wildman–Crippen MR) is 108 cm³/mol. The Balaban J connectivity index is 1.81. The van der Waals surface area contributed by atoms with E-state index < -0.39 is 17.9 Å². The molecule has 0 aliphatic carbocycles. The summed E-state index contributed by atoms with van der Waals surface area (Å²) in [6, 6.07) is 4.54. The van der Waals surface area contributed by atoms with Crippen molar-refractivity contribution >= 4 is 28.5 Å². The molecule has 1 unspecified atom stereocenters. The standard InChI is InChI=1S/C20H25F2N5O3/c1-3-25-11-20(21,22)9-10-26(12-25)13-5-4-6-14-17(13)24(2)19(30)27(14)15-7-8-16(28)23-18(15)29/h4-6,15H,3,7-12H2,1-2H3,(H,23,28,29). The Labute approximate surface area is 172 Å². The number of aryl methyl sites for hydroxylation is 1. The molecule has 1 aromatic heterocycles. The molecule has 10 heteroatoms. The molecular weight excluding hydrogens is 396 g/mol. The lowest BCUT2D eigenvalue weighted by atomic mass is 10.1. The molecule has 1 atom stereocenters. The first-order valence-corrected chi connectivity index (χ1v) is 10.1. The van der Waals surface area contributed by atoms with Gasteiger partial charge in [-0.15, -0.1) is 0 Å². The number of halogens is 2. The van der Waals surface area contributed by atoms with Gasteiger partial charge in [-0.2, -0.15) is 0 Å². The van der Waals surface area contributed by atoms with Crippen molar-refractivity contribution in [2.24, 2.45) is 7.05 Å². The van der Waals surface area contributed by atoms with Gasteiger partial charge in [0.05, 0.1) is 29.9 Å². The number of amides is 2. The number of anilines is 1. The van der Waals surface area contributed by atoms with Gasteiger partial charge in [0.15, 0.2) is 0 Å². The smallest absolute Gasteiger partial charge is 0.329 e. The highest BCUT2D eigenvalue weighted by molar-refractivity contribution is 6.00. The number of aromatic nitrogens is 2. The van der Waals surface area contributed by atoms with Gasteiger partial charge in [0.25, 0.3) is 5.92 Å². The zero-order valence-corrected chi connectivity index (χ0v) is 17.0. The maximum Gasteiger partial charge on any atom is 0.329 e. The summed E-state index contributed by atoms with van der Waals surface area (Å²) in [4.78, 5) is 40.5. The van der Waals surface area contributed by atoms with Gasteiger partial charge in [-0.25, -0.2) is 13.6 Å². The van der Waals surface area contributed by atoms with Crippen molar-refractivity contribution in [2.45, 2.75) is 38.2 Å². The van der Waals surface area contributed by atoms with Crippen LogP contribution in [0.2, 0.25) is 0 Å². The number of nitrogens with one attached hydrogen (secondary N) is 1. The quantitative estimate of drug-likeness (QED) is 0.759. The Morgan fingerprint density at radius 3 is 2.70 bits per heavy atom. The van der Waals surface area contributed by atoms with Gasteiger partial charge in [-0.05, 0) is 25.1 Å². The van der Waals surface area contributed by atoms with Crippen LogP contribution in [0, 0.1) is 0 Å². The first kappa shape index (κ1) is 20.5. The fraction of sp³-hybridized carbons (Fsp3) is 0.550. The van der Waals surface area contributed by atoms with Crippen LogP contribution in [0.25, 0.3) is 11.0 Å². The van der Waals surface area contributed by atoms with Crippen LogP contribution in [-0.4, -0.2) is 58.1 Å². The molecule has 1 aromatic carbocycles. The highest BCUT2D eigenvalue weighted by atomic mass is 19.3. The first-order chi connectivity index (χ1) is 14.2. The number of imidazole rings is 1. The zero-order chi connectivity index (χ0) is 21.6. The second kappa shape index (κ2) is 7.50. The number of para-hydroxylation sites is 1. The summed E-state index contributed by atoms with van der Waals surface area (Å²) >= 11 is 0.